The highest BCUT2D eigenvalue weighted by atomic mass is 79.9. The zero-order valence-electron chi connectivity index (χ0n) is 18.9. The first kappa shape index (κ1) is 24.2. The van der Waals surface area contributed by atoms with E-state index < -0.39 is 13.3 Å². The van der Waals surface area contributed by atoms with Crippen LogP contribution in [0.15, 0.2) is 108 Å². The topological polar surface area (TPSA) is 114 Å². The van der Waals surface area contributed by atoms with Crippen molar-refractivity contribution in [3.63, 3.8) is 0 Å². The molecule has 5 rings (SSSR count). The van der Waals surface area contributed by atoms with Crippen molar-refractivity contribution in [3.05, 3.63) is 119 Å². The summed E-state index contributed by atoms with van der Waals surface area (Å²) in [4.78, 5) is 20.6. The molecule has 0 aliphatic heterocycles. The molecule has 4 N–H and O–H groups in total. The van der Waals surface area contributed by atoms with Gasteiger partial charge in [0.25, 0.3) is 0 Å². The van der Waals surface area contributed by atoms with Crippen LogP contribution in [-0.2, 0) is 4.57 Å². The maximum absolute atomic E-state index is 12.6. The smallest absolute Gasteiger partial charge is 0.337 e. The molecule has 4 aromatic carbocycles. The Morgan fingerprint density at radius 1 is 0.806 bits per heavy atom. The summed E-state index contributed by atoms with van der Waals surface area (Å²) in [5, 5.41) is 8.44. The normalized spacial score (nSPS) is 12.4. The number of nitrogen functional groups attached to an aromatic ring is 1. The van der Waals surface area contributed by atoms with Crippen LogP contribution in [-0.4, -0.2) is 24.8 Å². The number of benzene rings is 4. The van der Waals surface area contributed by atoms with Gasteiger partial charge in [0.1, 0.15) is 11.4 Å². The Bertz CT molecular complexity index is 1560. The molecule has 9 heteroatoms. The third-order valence-electron chi connectivity index (χ3n) is 5.87. The van der Waals surface area contributed by atoms with Gasteiger partial charge in [-0.3, -0.25) is 4.57 Å². The number of anilines is 1. The van der Waals surface area contributed by atoms with Crippen LogP contribution in [0.25, 0.3) is 28.1 Å². The maximum Gasteiger partial charge on any atom is 0.337 e. The summed E-state index contributed by atoms with van der Waals surface area (Å²) >= 11 is 3.43. The molecule has 0 spiro atoms. The zero-order chi connectivity index (χ0) is 25.3. The van der Waals surface area contributed by atoms with E-state index in [0.717, 1.165) is 21.2 Å². The molecule has 36 heavy (non-hydrogen) atoms. The average molecular weight is 561 g/mol. The Morgan fingerprint density at radius 2 is 1.47 bits per heavy atom. The molecule has 1 atom stereocenters. The maximum atomic E-state index is 12.6. The second-order valence-corrected chi connectivity index (χ2v) is 11.0. The molecule has 0 saturated heterocycles. The third kappa shape index (κ3) is 5.17. The number of nitrogens with two attached hydrogens (primary N) is 1. The van der Waals surface area contributed by atoms with Crippen LogP contribution in [0.5, 0.6) is 0 Å². The highest BCUT2D eigenvalue weighted by Crippen LogP contribution is 2.55. The van der Waals surface area contributed by atoms with Crippen LogP contribution >= 0.6 is 23.5 Å². The van der Waals surface area contributed by atoms with Gasteiger partial charge >= 0.3 is 7.60 Å². The Labute approximate surface area is 216 Å². The molecule has 7 nitrogen and oxygen atoms in total. The fourth-order valence-corrected chi connectivity index (χ4v) is 5.51. The first-order chi connectivity index (χ1) is 17.3. The standard InChI is InChI=1S/C27H22BrN4O3P/c28-23-13-11-19(12-14-23)18-7-9-20(10-8-18)27(36(33,34)35)22-4-2-6-25(16-22)32-17-26(30-31-32)21-3-1-5-24(29)15-21/h1-17,27H,29H2,(H2,33,34,35). The molecule has 180 valence electrons. The van der Waals surface area contributed by atoms with E-state index in [1.165, 1.54) is 0 Å². The number of halogens is 1. The molecule has 0 radical (unpaired) electrons. The van der Waals surface area contributed by atoms with Crippen molar-refractivity contribution in [1.29, 1.82) is 0 Å². The van der Waals surface area contributed by atoms with Gasteiger partial charge in [0.05, 0.1) is 11.9 Å². The highest BCUT2D eigenvalue weighted by molar-refractivity contribution is 9.10. The molecule has 5 aromatic rings. The monoisotopic (exact) mass is 560 g/mol. The molecule has 1 heterocycles. The lowest BCUT2D eigenvalue weighted by atomic mass is 9.99. The van der Waals surface area contributed by atoms with Gasteiger partial charge in [-0.05, 0) is 58.7 Å². The second-order valence-electron chi connectivity index (χ2n) is 8.39. The number of aromatic nitrogens is 3. The number of hydrogen-bond donors (Lipinski definition) is 3. The van der Waals surface area contributed by atoms with Crippen LogP contribution in [0, 0.1) is 0 Å². The van der Waals surface area contributed by atoms with Crippen LogP contribution < -0.4 is 5.73 Å². The van der Waals surface area contributed by atoms with Crippen molar-refractivity contribution in [2.45, 2.75) is 5.66 Å². The summed E-state index contributed by atoms with van der Waals surface area (Å²) in [5.41, 5.74) is 10.5. The molecule has 0 saturated carbocycles. The van der Waals surface area contributed by atoms with E-state index in [4.69, 9.17) is 5.73 Å². The van der Waals surface area contributed by atoms with E-state index in [1.807, 2.05) is 60.7 Å². The largest absolute Gasteiger partial charge is 0.399 e. The Kier molecular flexibility index (Phi) is 6.60. The van der Waals surface area contributed by atoms with Crippen molar-refractivity contribution < 1.29 is 14.4 Å². The van der Waals surface area contributed by atoms with Crippen LogP contribution in [0.3, 0.4) is 0 Å². The van der Waals surface area contributed by atoms with E-state index in [9.17, 15) is 14.4 Å². The summed E-state index contributed by atoms with van der Waals surface area (Å²) in [7, 11) is -4.54. The van der Waals surface area contributed by atoms with Gasteiger partial charge in [-0.25, -0.2) is 4.68 Å². The molecular formula is C27H22BrN4O3P. The minimum Gasteiger partial charge on any atom is -0.399 e. The van der Waals surface area contributed by atoms with Gasteiger partial charge in [0.2, 0.25) is 0 Å². The Balaban J connectivity index is 1.48. The van der Waals surface area contributed by atoms with E-state index >= 15 is 0 Å². The van der Waals surface area contributed by atoms with Crippen LogP contribution in [0.2, 0.25) is 0 Å². The van der Waals surface area contributed by atoms with Gasteiger partial charge in [-0.2, -0.15) is 0 Å². The number of nitrogens with zero attached hydrogens (tertiary/aromatic N) is 3. The molecule has 0 bridgehead atoms. The molecule has 0 aliphatic rings. The van der Waals surface area contributed by atoms with Gasteiger partial charge < -0.3 is 15.5 Å². The lowest BCUT2D eigenvalue weighted by molar-refractivity contribution is 0.364. The zero-order valence-corrected chi connectivity index (χ0v) is 21.4. The van der Waals surface area contributed by atoms with E-state index in [-0.39, 0.29) is 0 Å². The van der Waals surface area contributed by atoms with E-state index in [2.05, 4.69) is 26.2 Å². The summed E-state index contributed by atoms with van der Waals surface area (Å²) in [6.45, 7) is 0. The van der Waals surface area contributed by atoms with E-state index in [0.29, 0.717) is 28.2 Å². The first-order valence-corrected chi connectivity index (χ1v) is 13.5. The van der Waals surface area contributed by atoms with Crippen molar-refractivity contribution in [2.24, 2.45) is 0 Å². The number of hydrogen-bond acceptors (Lipinski definition) is 4. The van der Waals surface area contributed by atoms with E-state index in [1.54, 1.807) is 47.3 Å². The van der Waals surface area contributed by atoms with Gasteiger partial charge in [-0.15, -0.1) is 5.10 Å². The third-order valence-corrected chi connectivity index (χ3v) is 7.66. The highest BCUT2D eigenvalue weighted by Gasteiger charge is 2.32. The summed E-state index contributed by atoms with van der Waals surface area (Å²) in [5.74, 6) is 0. The minimum absolute atomic E-state index is 0.484. The lowest BCUT2D eigenvalue weighted by Gasteiger charge is -2.20. The van der Waals surface area contributed by atoms with Crippen molar-refractivity contribution in [3.8, 4) is 28.1 Å². The predicted octanol–water partition coefficient (Wildman–Crippen LogP) is 6.21. The molecule has 0 fully saturated rings. The van der Waals surface area contributed by atoms with Crippen molar-refractivity contribution >= 4 is 29.2 Å². The molecule has 1 aromatic heterocycles. The SMILES string of the molecule is Nc1cccc(-c2cn(-c3cccc(C(c4ccc(-c5ccc(Br)cc5)cc4)P(=O)(O)O)c3)nn2)c1. The molecule has 1 unspecified atom stereocenters. The molecule has 0 amide bonds. The van der Waals surface area contributed by atoms with Crippen molar-refractivity contribution in [2.75, 3.05) is 5.73 Å². The second kappa shape index (κ2) is 9.84. The van der Waals surface area contributed by atoms with Gasteiger partial charge in [0.15, 0.2) is 0 Å². The summed E-state index contributed by atoms with van der Waals surface area (Å²) < 4.78 is 15.2. The van der Waals surface area contributed by atoms with Crippen LogP contribution in [0.4, 0.5) is 5.69 Å². The Morgan fingerprint density at radius 3 is 2.14 bits per heavy atom. The first-order valence-electron chi connectivity index (χ1n) is 11.1. The van der Waals surface area contributed by atoms with Gasteiger partial charge in [-0.1, -0.05) is 81.8 Å². The minimum atomic E-state index is -4.54. The van der Waals surface area contributed by atoms with Gasteiger partial charge in [0, 0.05) is 15.7 Å². The molecule has 0 aliphatic carbocycles. The lowest BCUT2D eigenvalue weighted by Crippen LogP contribution is -2.04. The fraction of sp³-hybridized carbons (Fsp3) is 0.0370. The number of rotatable bonds is 6. The quantitative estimate of drug-likeness (QED) is 0.168. The average Bonchev–Trinajstić information content (AvgIpc) is 3.35. The van der Waals surface area contributed by atoms with Crippen LogP contribution in [0.1, 0.15) is 16.8 Å². The van der Waals surface area contributed by atoms with Crippen molar-refractivity contribution in [1.82, 2.24) is 15.0 Å². The summed E-state index contributed by atoms with van der Waals surface area (Å²) in [6.07, 6.45) is 1.76. The summed E-state index contributed by atoms with van der Waals surface area (Å²) in [6, 6.07) is 29.5. The fourth-order valence-electron chi connectivity index (χ4n) is 4.14. The predicted molar refractivity (Wildman–Crippen MR) is 145 cm³/mol. The molecular weight excluding hydrogens is 539 g/mol. The Hall–Kier alpha value is -3.55.